The fourth-order valence-corrected chi connectivity index (χ4v) is 1.23. The first-order valence-corrected chi connectivity index (χ1v) is 4.66. The van der Waals surface area contributed by atoms with Gasteiger partial charge in [0.05, 0.1) is 10.7 Å². The lowest BCUT2D eigenvalue weighted by atomic mass is 10.2. The zero-order valence-corrected chi connectivity index (χ0v) is 8.73. The summed E-state index contributed by atoms with van der Waals surface area (Å²) < 4.78 is 0. The maximum Gasteiger partial charge on any atom is 0.0637 e. The summed E-state index contributed by atoms with van der Waals surface area (Å²) in [5.74, 6) is 0. The highest BCUT2D eigenvalue weighted by Gasteiger charge is 2.01. The Kier molecular flexibility index (Phi) is 3.38. The van der Waals surface area contributed by atoms with Crippen LogP contribution >= 0.6 is 11.6 Å². The average molecular weight is 196 g/mol. The third kappa shape index (κ3) is 2.78. The Bertz CT molecular complexity index is 307. The molecule has 1 aromatic carbocycles. The van der Waals surface area contributed by atoms with E-state index in [1.807, 2.05) is 38.1 Å². The van der Waals surface area contributed by atoms with Crippen molar-refractivity contribution in [3.8, 4) is 0 Å². The molecule has 13 heavy (non-hydrogen) atoms. The molecule has 0 spiro atoms. The average Bonchev–Trinajstić information content (AvgIpc) is 2.11. The quantitative estimate of drug-likeness (QED) is 0.727. The molecule has 1 nitrogen and oxygen atoms in total. The monoisotopic (exact) mass is 195 g/mol. The van der Waals surface area contributed by atoms with E-state index < -0.39 is 0 Å². The number of anilines is 1. The van der Waals surface area contributed by atoms with E-state index in [4.69, 9.17) is 11.6 Å². The first kappa shape index (κ1) is 10.1. The van der Waals surface area contributed by atoms with Crippen molar-refractivity contribution in [1.82, 2.24) is 0 Å². The summed E-state index contributed by atoms with van der Waals surface area (Å²) in [6.45, 7) is 7.78. The van der Waals surface area contributed by atoms with Crippen LogP contribution in [0.15, 0.2) is 30.9 Å². The van der Waals surface area contributed by atoms with Crippen LogP contribution in [0.25, 0.3) is 0 Å². The highest BCUT2D eigenvalue weighted by molar-refractivity contribution is 6.33. The van der Waals surface area contributed by atoms with E-state index >= 15 is 0 Å². The summed E-state index contributed by atoms with van der Waals surface area (Å²) in [6, 6.07) is 6.16. The number of hydrogen-bond donors (Lipinski definition) is 1. The Morgan fingerprint density at radius 1 is 1.54 bits per heavy atom. The van der Waals surface area contributed by atoms with Crippen LogP contribution in [-0.4, -0.2) is 6.04 Å². The van der Waals surface area contributed by atoms with Gasteiger partial charge in [0.15, 0.2) is 0 Å². The molecule has 0 aliphatic carbocycles. The van der Waals surface area contributed by atoms with Gasteiger partial charge >= 0.3 is 0 Å². The van der Waals surface area contributed by atoms with Gasteiger partial charge in [-0.2, -0.15) is 0 Å². The number of aryl methyl sites for hydroxylation is 1. The van der Waals surface area contributed by atoms with Crippen LogP contribution in [0, 0.1) is 6.92 Å². The summed E-state index contributed by atoms with van der Waals surface area (Å²) in [4.78, 5) is 0. The number of nitrogens with one attached hydrogen (secondary N) is 1. The topological polar surface area (TPSA) is 12.0 Å². The van der Waals surface area contributed by atoms with E-state index in [0.29, 0.717) is 0 Å². The van der Waals surface area contributed by atoms with E-state index in [-0.39, 0.29) is 6.04 Å². The third-order valence-electron chi connectivity index (χ3n) is 1.86. The van der Waals surface area contributed by atoms with Gasteiger partial charge in [-0.1, -0.05) is 23.7 Å². The Hall–Kier alpha value is -0.950. The first-order valence-electron chi connectivity index (χ1n) is 4.28. The van der Waals surface area contributed by atoms with Crippen molar-refractivity contribution in [2.24, 2.45) is 0 Å². The Morgan fingerprint density at radius 2 is 2.23 bits per heavy atom. The van der Waals surface area contributed by atoms with Crippen LogP contribution < -0.4 is 5.32 Å². The van der Waals surface area contributed by atoms with Crippen LogP contribution in [-0.2, 0) is 0 Å². The molecule has 0 aliphatic heterocycles. The Morgan fingerprint density at radius 3 is 2.85 bits per heavy atom. The van der Waals surface area contributed by atoms with Crippen molar-refractivity contribution in [2.75, 3.05) is 5.32 Å². The lowest BCUT2D eigenvalue weighted by Crippen LogP contribution is -2.11. The maximum absolute atomic E-state index is 6.00. The summed E-state index contributed by atoms with van der Waals surface area (Å²) in [6.07, 6.45) is 1.85. The van der Waals surface area contributed by atoms with Gasteiger partial charge in [-0.3, -0.25) is 0 Å². The van der Waals surface area contributed by atoms with Crippen LogP contribution in [0.4, 0.5) is 5.69 Å². The lowest BCUT2D eigenvalue weighted by Gasteiger charge is -2.12. The molecule has 0 saturated carbocycles. The molecule has 0 heterocycles. The highest BCUT2D eigenvalue weighted by atomic mass is 35.5. The van der Waals surface area contributed by atoms with Crippen LogP contribution in [0.1, 0.15) is 12.5 Å². The molecule has 1 atom stereocenters. The fraction of sp³-hybridized carbons (Fsp3) is 0.273. The van der Waals surface area contributed by atoms with Crippen LogP contribution in [0.3, 0.4) is 0 Å². The SMILES string of the molecule is C=CC(C)Nc1cc(C)ccc1Cl. The Balaban J connectivity index is 2.86. The van der Waals surface area contributed by atoms with Crippen molar-refractivity contribution in [3.05, 3.63) is 41.4 Å². The lowest BCUT2D eigenvalue weighted by molar-refractivity contribution is 1.00. The van der Waals surface area contributed by atoms with Gasteiger partial charge in [-0.25, -0.2) is 0 Å². The second kappa shape index (κ2) is 4.33. The molecular weight excluding hydrogens is 182 g/mol. The number of hydrogen-bond acceptors (Lipinski definition) is 1. The molecule has 0 radical (unpaired) electrons. The summed E-state index contributed by atoms with van der Waals surface area (Å²) in [5.41, 5.74) is 2.16. The normalized spacial score (nSPS) is 12.2. The van der Waals surface area contributed by atoms with Gasteiger partial charge in [0, 0.05) is 6.04 Å². The van der Waals surface area contributed by atoms with Gasteiger partial charge < -0.3 is 5.32 Å². The number of halogens is 1. The zero-order valence-electron chi connectivity index (χ0n) is 7.97. The van der Waals surface area contributed by atoms with Crippen LogP contribution in [0.5, 0.6) is 0 Å². The van der Waals surface area contributed by atoms with E-state index in [0.717, 1.165) is 10.7 Å². The van der Waals surface area contributed by atoms with E-state index in [1.54, 1.807) is 0 Å². The standard InChI is InChI=1S/C11H14ClN/c1-4-9(3)13-11-7-8(2)5-6-10(11)12/h4-7,9,13H,1H2,2-3H3. The Labute approximate surface area is 84.4 Å². The number of rotatable bonds is 3. The molecule has 1 unspecified atom stereocenters. The van der Waals surface area contributed by atoms with Gasteiger partial charge in [-0.15, -0.1) is 6.58 Å². The predicted molar refractivity (Wildman–Crippen MR) is 59.5 cm³/mol. The smallest absolute Gasteiger partial charge is 0.0637 e. The molecule has 2 heteroatoms. The van der Waals surface area contributed by atoms with Gasteiger partial charge in [-0.05, 0) is 31.5 Å². The molecular formula is C11H14ClN. The predicted octanol–water partition coefficient (Wildman–Crippen LogP) is 3.63. The van der Waals surface area contributed by atoms with E-state index in [1.165, 1.54) is 5.56 Å². The highest BCUT2D eigenvalue weighted by Crippen LogP contribution is 2.23. The molecule has 0 bridgehead atoms. The zero-order chi connectivity index (χ0) is 9.84. The molecule has 70 valence electrons. The van der Waals surface area contributed by atoms with Crippen molar-refractivity contribution in [3.63, 3.8) is 0 Å². The molecule has 0 aliphatic rings. The first-order chi connectivity index (χ1) is 6.13. The summed E-state index contributed by atoms with van der Waals surface area (Å²) in [7, 11) is 0. The van der Waals surface area contributed by atoms with Gasteiger partial charge in [0.1, 0.15) is 0 Å². The minimum absolute atomic E-state index is 0.235. The largest absolute Gasteiger partial charge is 0.378 e. The molecule has 1 aromatic rings. The van der Waals surface area contributed by atoms with Crippen LogP contribution in [0.2, 0.25) is 5.02 Å². The number of benzene rings is 1. The van der Waals surface area contributed by atoms with Gasteiger partial charge in [0.2, 0.25) is 0 Å². The molecule has 1 N–H and O–H groups in total. The molecule has 0 amide bonds. The van der Waals surface area contributed by atoms with E-state index in [2.05, 4.69) is 11.9 Å². The van der Waals surface area contributed by atoms with Crippen molar-refractivity contribution in [2.45, 2.75) is 19.9 Å². The minimum atomic E-state index is 0.235. The van der Waals surface area contributed by atoms with Gasteiger partial charge in [0.25, 0.3) is 0 Å². The molecule has 0 saturated heterocycles. The van der Waals surface area contributed by atoms with E-state index in [9.17, 15) is 0 Å². The summed E-state index contributed by atoms with van der Waals surface area (Å²) in [5, 5.41) is 4.00. The maximum atomic E-state index is 6.00. The molecule has 0 fully saturated rings. The minimum Gasteiger partial charge on any atom is -0.378 e. The second-order valence-electron chi connectivity index (χ2n) is 3.15. The molecule has 1 rings (SSSR count). The van der Waals surface area contributed by atoms with Crippen molar-refractivity contribution >= 4 is 17.3 Å². The second-order valence-corrected chi connectivity index (χ2v) is 3.56. The fourth-order valence-electron chi connectivity index (χ4n) is 1.05. The van der Waals surface area contributed by atoms with Crippen molar-refractivity contribution < 1.29 is 0 Å². The summed E-state index contributed by atoms with van der Waals surface area (Å²) >= 11 is 6.00. The molecule has 0 aromatic heterocycles. The third-order valence-corrected chi connectivity index (χ3v) is 2.19. The van der Waals surface area contributed by atoms with Crippen molar-refractivity contribution in [1.29, 1.82) is 0 Å².